The zero-order chi connectivity index (χ0) is 17.0. The van der Waals surface area contributed by atoms with Crippen LogP contribution in [-0.2, 0) is 19.1 Å². The smallest absolute Gasteiger partial charge is 0.367 e. The zero-order valence-electron chi connectivity index (χ0n) is 12.6. The minimum atomic E-state index is -4.42. The predicted octanol–water partition coefficient (Wildman–Crippen LogP) is 4.03. The Labute approximate surface area is 136 Å². The highest BCUT2D eigenvalue weighted by Gasteiger charge is 2.31. The van der Waals surface area contributed by atoms with Crippen molar-refractivity contribution in [2.45, 2.75) is 19.1 Å². The number of nitrogens with zero attached hydrogens (tertiary/aromatic N) is 2. The van der Waals surface area contributed by atoms with Gasteiger partial charge >= 0.3 is 6.18 Å². The Morgan fingerprint density at radius 2 is 1.92 bits per heavy atom. The zero-order valence-corrected chi connectivity index (χ0v) is 12.6. The second-order valence-electron chi connectivity index (χ2n) is 5.31. The molecule has 0 saturated carbocycles. The van der Waals surface area contributed by atoms with Crippen molar-refractivity contribution in [2.75, 3.05) is 5.32 Å². The molecule has 4 nitrogen and oxygen atoms in total. The monoisotopic (exact) mass is 332 g/mol. The normalized spacial score (nSPS) is 11.5. The van der Waals surface area contributed by atoms with Gasteiger partial charge < -0.3 is 10.3 Å². The van der Waals surface area contributed by atoms with E-state index in [2.05, 4.69) is 20.3 Å². The average Bonchev–Trinajstić information content (AvgIpc) is 3.07. The van der Waals surface area contributed by atoms with Gasteiger partial charge in [0.15, 0.2) is 0 Å². The van der Waals surface area contributed by atoms with Crippen molar-refractivity contribution in [3.63, 3.8) is 0 Å². The van der Waals surface area contributed by atoms with Crippen molar-refractivity contribution in [1.82, 2.24) is 15.0 Å². The third-order valence-corrected chi connectivity index (χ3v) is 3.52. The van der Waals surface area contributed by atoms with Gasteiger partial charge in [-0.15, -0.1) is 0 Å². The van der Waals surface area contributed by atoms with Crippen LogP contribution < -0.4 is 5.32 Å². The molecule has 0 fully saturated rings. The molecule has 0 atom stereocenters. The lowest BCUT2D eigenvalue weighted by atomic mass is 10.1. The second kappa shape index (κ2) is 6.74. The first kappa shape index (κ1) is 16.0. The van der Waals surface area contributed by atoms with Gasteiger partial charge in [0.05, 0.1) is 0 Å². The highest BCUT2D eigenvalue weighted by atomic mass is 19.4. The van der Waals surface area contributed by atoms with E-state index < -0.39 is 11.9 Å². The van der Waals surface area contributed by atoms with Crippen LogP contribution in [0.25, 0.3) is 0 Å². The van der Waals surface area contributed by atoms with Gasteiger partial charge in [-0.05, 0) is 34.9 Å². The van der Waals surface area contributed by atoms with Gasteiger partial charge in [-0.1, -0.05) is 12.1 Å². The van der Waals surface area contributed by atoms with Gasteiger partial charge in [-0.25, -0.2) is 4.98 Å². The van der Waals surface area contributed by atoms with Crippen LogP contribution in [0.1, 0.15) is 22.4 Å². The van der Waals surface area contributed by atoms with E-state index in [-0.39, 0.29) is 0 Å². The summed E-state index contributed by atoms with van der Waals surface area (Å²) in [7, 11) is 0. The molecule has 3 aromatic heterocycles. The number of anilines is 1. The highest BCUT2D eigenvalue weighted by molar-refractivity contribution is 5.46. The standard InChI is InChI=1S/C17H15F3N4/c18-17(19,20)15-4-3-13(10-23-15)11-24-16-14(2-1-6-22-16)8-12-5-7-21-9-12/h1-7,9-10,21H,8,11H2,(H,22,24). The first-order valence-corrected chi connectivity index (χ1v) is 7.34. The summed E-state index contributed by atoms with van der Waals surface area (Å²) in [4.78, 5) is 10.8. The lowest BCUT2D eigenvalue weighted by Crippen LogP contribution is -2.09. The van der Waals surface area contributed by atoms with Gasteiger partial charge in [0.2, 0.25) is 0 Å². The third kappa shape index (κ3) is 3.92. The third-order valence-electron chi connectivity index (χ3n) is 3.52. The van der Waals surface area contributed by atoms with E-state index in [0.717, 1.165) is 17.2 Å². The van der Waals surface area contributed by atoms with Crippen LogP contribution in [0.4, 0.5) is 19.0 Å². The second-order valence-corrected chi connectivity index (χ2v) is 5.31. The minimum Gasteiger partial charge on any atom is -0.367 e. The number of aromatic amines is 1. The molecule has 7 heteroatoms. The van der Waals surface area contributed by atoms with Crippen LogP contribution in [0, 0.1) is 0 Å². The maximum absolute atomic E-state index is 12.5. The molecule has 0 amide bonds. The summed E-state index contributed by atoms with van der Waals surface area (Å²) >= 11 is 0. The number of aromatic nitrogens is 3. The van der Waals surface area contributed by atoms with Crippen LogP contribution in [0.3, 0.4) is 0 Å². The quantitative estimate of drug-likeness (QED) is 0.742. The lowest BCUT2D eigenvalue weighted by molar-refractivity contribution is -0.141. The summed E-state index contributed by atoms with van der Waals surface area (Å²) in [6.07, 6.45) is 2.96. The molecule has 0 aliphatic rings. The molecule has 2 N–H and O–H groups in total. The van der Waals surface area contributed by atoms with Gasteiger partial charge in [-0.2, -0.15) is 13.2 Å². The number of rotatable bonds is 5. The molecular weight excluding hydrogens is 317 g/mol. The summed E-state index contributed by atoms with van der Waals surface area (Å²) in [5.74, 6) is 0.707. The summed E-state index contributed by atoms with van der Waals surface area (Å²) in [5, 5.41) is 3.16. The van der Waals surface area contributed by atoms with Crippen molar-refractivity contribution in [3.05, 3.63) is 77.5 Å². The summed E-state index contributed by atoms with van der Waals surface area (Å²) in [5.41, 5.74) is 1.90. The Balaban J connectivity index is 1.68. The topological polar surface area (TPSA) is 53.6 Å². The Kier molecular flexibility index (Phi) is 4.50. The van der Waals surface area contributed by atoms with Crippen molar-refractivity contribution in [1.29, 1.82) is 0 Å². The SMILES string of the molecule is FC(F)(F)c1ccc(CNc2ncccc2Cc2cc[nH]c2)cn1. The van der Waals surface area contributed by atoms with E-state index in [1.54, 1.807) is 6.20 Å². The average molecular weight is 332 g/mol. The fourth-order valence-corrected chi connectivity index (χ4v) is 2.31. The number of pyridine rings is 2. The van der Waals surface area contributed by atoms with Gasteiger partial charge in [0.1, 0.15) is 11.5 Å². The number of alkyl halides is 3. The molecule has 0 radical (unpaired) electrons. The van der Waals surface area contributed by atoms with Crippen LogP contribution in [0.5, 0.6) is 0 Å². The number of nitrogens with one attached hydrogen (secondary N) is 2. The fourth-order valence-electron chi connectivity index (χ4n) is 2.31. The Morgan fingerprint density at radius 1 is 1.04 bits per heavy atom. The minimum absolute atomic E-state index is 0.349. The molecule has 0 bridgehead atoms. The summed E-state index contributed by atoms with van der Waals surface area (Å²) in [6.45, 7) is 0.349. The first-order valence-electron chi connectivity index (χ1n) is 7.34. The lowest BCUT2D eigenvalue weighted by Gasteiger charge is -2.11. The number of H-pyrrole nitrogens is 1. The van der Waals surface area contributed by atoms with Gasteiger partial charge in [-0.3, -0.25) is 4.98 Å². The predicted molar refractivity (Wildman–Crippen MR) is 84.4 cm³/mol. The van der Waals surface area contributed by atoms with Gasteiger partial charge in [0, 0.05) is 37.8 Å². The molecular formula is C17H15F3N4. The van der Waals surface area contributed by atoms with E-state index >= 15 is 0 Å². The summed E-state index contributed by atoms with van der Waals surface area (Å²) < 4.78 is 37.5. The summed E-state index contributed by atoms with van der Waals surface area (Å²) in [6, 6.07) is 8.20. The van der Waals surface area contributed by atoms with Gasteiger partial charge in [0.25, 0.3) is 0 Å². The van der Waals surface area contributed by atoms with Crippen molar-refractivity contribution in [3.8, 4) is 0 Å². The number of hydrogen-bond donors (Lipinski definition) is 2. The van der Waals surface area contributed by atoms with Crippen LogP contribution >= 0.6 is 0 Å². The molecule has 124 valence electrons. The number of hydrogen-bond acceptors (Lipinski definition) is 3. The van der Waals surface area contributed by atoms with Crippen LogP contribution in [0.2, 0.25) is 0 Å². The van der Waals surface area contributed by atoms with Crippen LogP contribution in [-0.4, -0.2) is 15.0 Å². The fraction of sp³-hybridized carbons (Fsp3) is 0.176. The van der Waals surface area contributed by atoms with Crippen LogP contribution in [0.15, 0.2) is 55.1 Å². The molecule has 0 aliphatic carbocycles. The Morgan fingerprint density at radius 3 is 2.58 bits per heavy atom. The Bertz CT molecular complexity index is 780. The highest BCUT2D eigenvalue weighted by Crippen LogP contribution is 2.27. The van der Waals surface area contributed by atoms with Crippen molar-refractivity contribution in [2.24, 2.45) is 0 Å². The van der Waals surface area contributed by atoms with E-state index in [1.807, 2.05) is 30.6 Å². The molecule has 0 unspecified atom stereocenters. The first-order chi connectivity index (χ1) is 11.5. The van der Waals surface area contributed by atoms with Crippen molar-refractivity contribution < 1.29 is 13.2 Å². The number of halogens is 3. The molecule has 3 aromatic rings. The van der Waals surface area contributed by atoms with E-state index in [1.165, 1.54) is 12.3 Å². The molecule has 24 heavy (non-hydrogen) atoms. The molecule has 0 aromatic carbocycles. The van der Waals surface area contributed by atoms with E-state index in [9.17, 15) is 13.2 Å². The molecule has 3 heterocycles. The maximum Gasteiger partial charge on any atom is 0.433 e. The molecule has 3 rings (SSSR count). The largest absolute Gasteiger partial charge is 0.433 e. The Hall–Kier alpha value is -2.83. The molecule has 0 saturated heterocycles. The van der Waals surface area contributed by atoms with Crippen molar-refractivity contribution >= 4 is 5.82 Å². The van der Waals surface area contributed by atoms with E-state index in [4.69, 9.17) is 0 Å². The maximum atomic E-state index is 12.5. The molecule has 0 aliphatic heterocycles. The molecule has 0 spiro atoms. The van der Waals surface area contributed by atoms with E-state index in [0.29, 0.717) is 24.3 Å².